The van der Waals surface area contributed by atoms with E-state index in [4.69, 9.17) is 5.84 Å². The third-order valence-electron chi connectivity index (χ3n) is 2.31. The summed E-state index contributed by atoms with van der Waals surface area (Å²) in [6.07, 6.45) is -4.29. The standard InChI is InChI=1S/C10H13F3N4O2/c1-16(6-10(11,12)13)5-7-2-3-9(17(18)19)8(4-7)15-14/h2-4,15H,5-6,14H2,1H3. The summed E-state index contributed by atoms with van der Waals surface area (Å²) in [4.78, 5) is 11.1. The first kappa shape index (κ1) is 15.2. The average Bonchev–Trinajstić information content (AvgIpc) is 2.25. The lowest BCUT2D eigenvalue weighted by Crippen LogP contribution is -2.30. The Morgan fingerprint density at radius 2 is 2.11 bits per heavy atom. The number of anilines is 1. The van der Waals surface area contributed by atoms with Crippen LogP contribution in [0.4, 0.5) is 24.5 Å². The Balaban J connectivity index is 2.83. The van der Waals surface area contributed by atoms with Gasteiger partial charge in [0.2, 0.25) is 0 Å². The van der Waals surface area contributed by atoms with E-state index in [-0.39, 0.29) is 17.9 Å². The van der Waals surface area contributed by atoms with E-state index in [1.807, 2.05) is 0 Å². The van der Waals surface area contributed by atoms with E-state index in [2.05, 4.69) is 5.43 Å². The first-order valence-corrected chi connectivity index (χ1v) is 5.22. The van der Waals surface area contributed by atoms with Gasteiger partial charge in [0, 0.05) is 12.6 Å². The zero-order chi connectivity index (χ0) is 14.6. The molecule has 0 aliphatic heterocycles. The molecule has 0 saturated heterocycles. The van der Waals surface area contributed by atoms with Crippen LogP contribution < -0.4 is 11.3 Å². The van der Waals surface area contributed by atoms with E-state index < -0.39 is 17.6 Å². The molecule has 3 N–H and O–H groups in total. The molecule has 0 unspecified atom stereocenters. The van der Waals surface area contributed by atoms with Crippen LogP contribution in [-0.4, -0.2) is 29.6 Å². The predicted octanol–water partition coefficient (Wildman–Crippen LogP) is 1.87. The van der Waals surface area contributed by atoms with Crippen LogP contribution in [0.5, 0.6) is 0 Å². The molecule has 0 aliphatic rings. The minimum atomic E-state index is -4.29. The second kappa shape index (κ2) is 5.85. The number of alkyl halides is 3. The second-order valence-corrected chi connectivity index (χ2v) is 4.04. The van der Waals surface area contributed by atoms with Crippen LogP contribution in [0.2, 0.25) is 0 Å². The number of halogens is 3. The minimum Gasteiger partial charge on any atom is -0.318 e. The quantitative estimate of drug-likeness (QED) is 0.488. The van der Waals surface area contributed by atoms with Crippen molar-refractivity contribution >= 4 is 11.4 Å². The van der Waals surface area contributed by atoms with Crippen LogP contribution in [0, 0.1) is 10.1 Å². The third-order valence-corrected chi connectivity index (χ3v) is 2.31. The summed E-state index contributed by atoms with van der Waals surface area (Å²) in [7, 11) is 1.31. The van der Waals surface area contributed by atoms with Crippen LogP contribution >= 0.6 is 0 Å². The molecule has 0 atom stereocenters. The average molecular weight is 278 g/mol. The fourth-order valence-electron chi connectivity index (χ4n) is 1.63. The molecule has 106 valence electrons. The van der Waals surface area contributed by atoms with E-state index in [1.165, 1.54) is 25.2 Å². The number of hydrazine groups is 1. The maximum absolute atomic E-state index is 12.2. The van der Waals surface area contributed by atoms with Gasteiger partial charge in [-0.05, 0) is 18.7 Å². The number of hydrogen-bond donors (Lipinski definition) is 2. The number of benzene rings is 1. The van der Waals surface area contributed by atoms with Crippen molar-refractivity contribution in [3.05, 3.63) is 33.9 Å². The molecule has 9 heteroatoms. The monoisotopic (exact) mass is 278 g/mol. The molecule has 0 fully saturated rings. The third kappa shape index (κ3) is 4.72. The SMILES string of the molecule is CN(Cc1ccc([N+](=O)[O-])c(NN)c1)CC(F)(F)F. The fourth-order valence-corrected chi connectivity index (χ4v) is 1.63. The first-order valence-electron chi connectivity index (χ1n) is 5.22. The summed E-state index contributed by atoms with van der Waals surface area (Å²) in [5.74, 6) is 5.14. The van der Waals surface area contributed by atoms with Crippen molar-refractivity contribution in [3.8, 4) is 0 Å². The number of nitrogens with one attached hydrogen (secondary N) is 1. The molecule has 0 radical (unpaired) electrons. The van der Waals surface area contributed by atoms with E-state index in [0.29, 0.717) is 5.56 Å². The summed E-state index contributed by atoms with van der Waals surface area (Å²) in [5, 5.41) is 10.7. The van der Waals surface area contributed by atoms with E-state index >= 15 is 0 Å². The highest BCUT2D eigenvalue weighted by atomic mass is 19.4. The van der Waals surface area contributed by atoms with Crippen LogP contribution in [0.15, 0.2) is 18.2 Å². The summed E-state index contributed by atoms with van der Waals surface area (Å²) in [5.41, 5.74) is 2.47. The maximum Gasteiger partial charge on any atom is 0.401 e. The van der Waals surface area contributed by atoms with Gasteiger partial charge < -0.3 is 5.43 Å². The van der Waals surface area contributed by atoms with E-state index in [9.17, 15) is 23.3 Å². The Kier molecular flexibility index (Phi) is 4.67. The normalized spacial score (nSPS) is 11.7. The van der Waals surface area contributed by atoms with Gasteiger partial charge in [-0.15, -0.1) is 0 Å². The molecule has 0 heterocycles. The number of nitro groups is 1. The van der Waals surface area contributed by atoms with Crippen LogP contribution in [0.25, 0.3) is 0 Å². The largest absolute Gasteiger partial charge is 0.401 e. The Labute approximate surface area is 107 Å². The highest BCUT2D eigenvalue weighted by molar-refractivity contribution is 5.62. The summed E-state index contributed by atoms with van der Waals surface area (Å²) in [6.45, 7) is -1.05. The smallest absolute Gasteiger partial charge is 0.318 e. The van der Waals surface area contributed by atoms with Crippen LogP contribution in [0.1, 0.15) is 5.56 Å². The number of rotatable bonds is 5. The van der Waals surface area contributed by atoms with Crippen molar-refractivity contribution in [2.75, 3.05) is 19.0 Å². The zero-order valence-electron chi connectivity index (χ0n) is 10.1. The van der Waals surface area contributed by atoms with Gasteiger partial charge in [0.15, 0.2) is 0 Å². The molecular weight excluding hydrogens is 265 g/mol. The molecule has 0 saturated carbocycles. The maximum atomic E-state index is 12.2. The number of nitrogens with zero attached hydrogens (tertiary/aromatic N) is 2. The molecule has 6 nitrogen and oxygen atoms in total. The highest BCUT2D eigenvalue weighted by Gasteiger charge is 2.29. The summed E-state index contributed by atoms with van der Waals surface area (Å²) >= 11 is 0. The lowest BCUT2D eigenvalue weighted by atomic mass is 10.1. The topological polar surface area (TPSA) is 84.4 Å². The predicted molar refractivity (Wildman–Crippen MR) is 63.3 cm³/mol. The van der Waals surface area contributed by atoms with Crippen molar-refractivity contribution in [1.82, 2.24) is 4.90 Å². The molecular formula is C10H13F3N4O2. The van der Waals surface area contributed by atoms with Gasteiger partial charge in [0.05, 0.1) is 11.5 Å². The highest BCUT2D eigenvalue weighted by Crippen LogP contribution is 2.25. The van der Waals surface area contributed by atoms with Gasteiger partial charge in [-0.25, -0.2) is 0 Å². The van der Waals surface area contributed by atoms with Crippen LogP contribution in [0.3, 0.4) is 0 Å². The van der Waals surface area contributed by atoms with Crippen molar-refractivity contribution in [3.63, 3.8) is 0 Å². The summed E-state index contributed by atoms with van der Waals surface area (Å²) in [6, 6.07) is 3.95. The Hall–Kier alpha value is -1.87. The second-order valence-electron chi connectivity index (χ2n) is 4.04. The molecule has 0 aromatic heterocycles. The van der Waals surface area contributed by atoms with Gasteiger partial charge in [0.1, 0.15) is 5.69 Å². The Morgan fingerprint density at radius 3 is 2.58 bits per heavy atom. The minimum absolute atomic E-state index is 0.00614. The van der Waals surface area contributed by atoms with E-state index in [0.717, 1.165) is 4.90 Å². The van der Waals surface area contributed by atoms with Crippen molar-refractivity contribution in [1.29, 1.82) is 0 Å². The van der Waals surface area contributed by atoms with Gasteiger partial charge in [-0.3, -0.25) is 20.9 Å². The molecule has 0 bridgehead atoms. The van der Waals surface area contributed by atoms with Gasteiger partial charge in [0.25, 0.3) is 5.69 Å². The van der Waals surface area contributed by atoms with Gasteiger partial charge in [-0.1, -0.05) is 6.07 Å². The lowest BCUT2D eigenvalue weighted by Gasteiger charge is -2.18. The first-order chi connectivity index (χ1) is 8.73. The Bertz CT molecular complexity index is 465. The van der Waals surface area contributed by atoms with Crippen molar-refractivity contribution in [2.24, 2.45) is 5.84 Å². The zero-order valence-corrected chi connectivity index (χ0v) is 10.1. The van der Waals surface area contributed by atoms with E-state index in [1.54, 1.807) is 0 Å². The molecule has 1 aromatic carbocycles. The Morgan fingerprint density at radius 1 is 1.47 bits per heavy atom. The van der Waals surface area contributed by atoms with Crippen LogP contribution in [-0.2, 0) is 6.54 Å². The fraction of sp³-hybridized carbons (Fsp3) is 0.400. The molecule has 0 spiro atoms. The van der Waals surface area contributed by atoms with Crippen molar-refractivity contribution < 1.29 is 18.1 Å². The molecule has 0 amide bonds. The number of hydrogen-bond acceptors (Lipinski definition) is 5. The molecule has 1 aromatic rings. The number of nitrogens with two attached hydrogens (primary N) is 1. The van der Waals surface area contributed by atoms with Gasteiger partial charge >= 0.3 is 6.18 Å². The molecule has 1 rings (SSSR count). The molecule has 0 aliphatic carbocycles. The number of nitro benzene ring substituents is 1. The summed E-state index contributed by atoms with van der Waals surface area (Å²) < 4.78 is 36.5. The lowest BCUT2D eigenvalue weighted by molar-refractivity contribution is -0.384. The van der Waals surface area contributed by atoms with Gasteiger partial charge in [-0.2, -0.15) is 13.2 Å². The van der Waals surface area contributed by atoms with Crippen molar-refractivity contribution in [2.45, 2.75) is 12.7 Å². The number of nitrogen functional groups attached to an aromatic ring is 1. The molecule has 19 heavy (non-hydrogen) atoms.